The maximum absolute atomic E-state index is 12.8. The fraction of sp³-hybridized carbons (Fsp3) is 0.579. The van der Waals surface area contributed by atoms with Crippen molar-refractivity contribution < 1.29 is 14.5 Å². The Balaban J connectivity index is 1.65. The van der Waals surface area contributed by atoms with Crippen molar-refractivity contribution in [1.82, 2.24) is 10.2 Å². The predicted molar refractivity (Wildman–Crippen MR) is 96.7 cm³/mol. The zero-order chi connectivity index (χ0) is 18.5. The van der Waals surface area contributed by atoms with Gasteiger partial charge in [-0.1, -0.05) is 31.4 Å². The SMILES string of the molecule is O=C(NC1CCCCC1)C1CCCN(C(=O)c2ccccc2[N+](=O)[O-])C1. The average molecular weight is 359 g/mol. The third-order valence-electron chi connectivity index (χ3n) is 5.36. The highest BCUT2D eigenvalue weighted by Gasteiger charge is 2.32. The van der Waals surface area contributed by atoms with Gasteiger partial charge >= 0.3 is 0 Å². The maximum Gasteiger partial charge on any atom is 0.282 e. The molecule has 0 radical (unpaired) electrons. The van der Waals surface area contributed by atoms with Crippen LogP contribution >= 0.6 is 0 Å². The normalized spacial score (nSPS) is 21.2. The average Bonchev–Trinajstić information content (AvgIpc) is 2.68. The van der Waals surface area contributed by atoms with Crippen LogP contribution in [0, 0.1) is 16.0 Å². The molecule has 0 bridgehead atoms. The Kier molecular flexibility index (Phi) is 5.85. The monoisotopic (exact) mass is 359 g/mol. The van der Waals surface area contributed by atoms with Gasteiger partial charge in [0, 0.05) is 25.2 Å². The van der Waals surface area contributed by atoms with Crippen molar-refractivity contribution in [2.75, 3.05) is 13.1 Å². The van der Waals surface area contributed by atoms with E-state index < -0.39 is 4.92 Å². The van der Waals surface area contributed by atoms with Gasteiger partial charge in [0.15, 0.2) is 0 Å². The first-order valence-electron chi connectivity index (χ1n) is 9.39. The Hall–Kier alpha value is -2.44. The number of rotatable bonds is 4. The minimum atomic E-state index is -0.537. The third-order valence-corrected chi connectivity index (χ3v) is 5.36. The quantitative estimate of drug-likeness (QED) is 0.661. The molecule has 2 fully saturated rings. The van der Waals surface area contributed by atoms with Crippen LogP contribution in [0.1, 0.15) is 55.3 Å². The summed E-state index contributed by atoms with van der Waals surface area (Å²) < 4.78 is 0. The van der Waals surface area contributed by atoms with Crippen molar-refractivity contribution in [3.8, 4) is 0 Å². The number of hydrogen-bond acceptors (Lipinski definition) is 4. The number of piperidine rings is 1. The van der Waals surface area contributed by atoms with Gasteiger partial charge in [0.2, 0.25) is 5.91 Å². The van der Waals surface area contributed by atoms with E-state index in [2.05, 4.69) is 5.32 Å². The van der Waals surface area contributed by atoms with Gasteiger partial charge < -0.3 is 10.2 Å². The topological polar surface area (TPSA) is 92.6 Å². The molecule has 1 unspecified atom stereocenters. The molecule has 1 atom stereocenters. The van der Waals surface area contributed by atoms with E-state index >= 15 is 0 Å². The first-order chi connectivity index (χ1) is 12.6. The lowest BCUT2D eigenvalue weighted by atomic mass is 9.92. The van der Waals surface area contributed by atoms with E-state index in [1.54, 1.807) is 17.0 Å². The number of likely N-dealkylation sites (tertiary alicyclic amines) is 1. The van der Waals surface area contributed by atoms with Crippen LogP contribution in [0.15, 0.2) is 24.3 Å². The number of carbonyl (C=O) groups excluding carboxylic acids is 2. The van der Waals surface area contributed by atoms with Gasteiger partial charge in [-0.15, -0.1) is 0 Å². The molecule has 1 N–H and O–H groups in total. The van der Waals surface area contributed by atoms with E-state index in [0.29, 0.717) is 13.1 Å². The number of nitro benzene ring substituents is 1. The number of para-hydroxylation sites is 1. The Morgan fingerprint density at radius 1 is 1.08 bits per heavy atom. The Labute approximate surface area is 152 Å². The molecule has 1 heterocycles. The summed E-state index contributed by atoms with van der Waals surface area (Å²) >= 11 is 0. The van der Waals surface area contributed by atoms with Gasteiger partial charge in [-0.2, -0.15) is 0 Å². The van der Waals surface area contributed by atoms with Crippen molar-refractivity contribution >= 4 is 17.5 Å². The van der Waals surface area contributed by atoms with Crippen LogP contribution in [0.4, 0.5) is 5.69 Å². The van der Waals surface area contributed by atoms with Crippen LogP contribution in [0.2, 0.25) is 0 Å². The molecule has 1 aliphatic carbocycles. The fourth-order valence-corrected chi connectivity index (χ4v) is 3.93. The molecular formula is C19H25N3O4. The van der Waals surface area contributed by atoms with Gasteiger partial charge in [0.05, 0.1) is 10.8 Å². The van der Waals surface area contributed by atoms with E-state index in [1.807, 2.05) is 0 Å². The highest BCUT2D eigenvalue weighted by molar-refractivity contribution is 5.98. The number of nitrogens with zero attached hydrogens (tertiary/aromatic N) is 2. The minimum absolute atomic E-state index is 0.0111. The van der Waals surface area contributed by atoms with Crippen molar-refractivity contribution in [3.05, 3.63) is 39.9 Å². The van der Waals surface area contributed by atoms with Gasteiger partial charge in [-0.25, -0.2) is 0 Å². The molecular weight excluding hydrogens is 334 g/mol. The summed E-state index contributed by atoms with van der Waals surface area (Å²) in [6.45, 7) is 0.849. The van der Waals surface area contributed by atoms with Crippen LogP contribution in [-0.2, 0) is 4.79 Å². The number of benzene rings is 1. The molecule has 1 aliphatic heterocycles. The third kappa shape index (κ3) is 4.20. The number of hydrogen-bond donors (Lipinski definition) is 1. The van der Waals surface area contributed by atoms with E-state index in [4.69, 9.17) is 0 Å². The highest BCUT2D eigenvalue weighted by atomic mass is 16.6. The van der Waals surface area contributed by atoms with Crippen LogP contribution in [0.5, 0.6) is 0 Å². The van der Waals surface area contributed by atoms with Crippen molar-refractivity contribution in [1.29, 1.82) is 0 Å². The summed E-state index contributed by atoms with van der Waals surface area (Å²) in [5.41, 5.74) is -0.0999. The molecule has 26 heavy (non-hydrogen) atoms. The lowest BCUT2D eigenvalue weighted by Crippen LogP contribution is -2.48. The smallest absolute Gasteiger partial charge is 0.282 e. The zero-order valence-electron chi connectivity index (χ0n) is 14.9. The molecule has 7 nitrogen and oxygen atoms in total. The highest BCUT2D eigenvalue weighted by Crippen LogP contribution is 2.24. The fourth-order valence-electron chi connectivity index (χ4n) is 3.93. The molecule has 3 rings (SSSR count). The van der Waals surface area contributed by atoms with Crippen molar-refractivity contribution in [2.45, 2.75) is 51.0 Å². The largest absolute Gasteiger partial charge is 0.353 e. The Morgan fingerprint density at radius 3 is 2.54 bits per heavy atom. The molecule has 1 saturated heterocycles. The van der Waals surface area contributed by atoms with E-state index in [0.717, 1.165) is 38.5 Å². The number of amides is 2. The van der Waals surface area contributed by atoms with Gasteiger partial charge in [-0.3, -0.25) is 19.7 Å². The first-order valence-corrected chi connectivity index (χ1v) is 9.39. The lowest BCUT2D eigenvalue weighted by Gasteiger charge is -2.33. The summed E-state index contributed by atoms with van der Waals surface area (Å²) in [4.78, 5) is 37.6. The predicted octanol–water partition coefficient (Wildman–Crippen LogP) is 2.90. The molecule has 1 aromatic carbocycles. The molecule has 2 amide bonds. The van der Waals surface area contributed by atoms with Crippen LogP contribution in [-0.4, -0.2) is 40.8 Å². The summed E-state index contributed by atoms with van der Waals surface area (Å²) in [5, 5.41) is 14.3. The van der Waals surface area contributed by atoms with Crippen molar-refractivity contribution in [2.24, 2.45) is 5.92 Å². The van der Waals surface area contributed by atoms with Crippen molar-refractivity contribution in [3.63, 3.8) is 0 Å². The maximum atomic E-state index is 12.8. The number of nitrogens with one attached hydrogen (secondary N) is 1. The van der Waals surface area contributed by atoms with E-state index in [-0.39, 0.29) is 35.0 Å². The lowest BCUT2D eigenvalue weighted by molar-refractivity contribution is -0.385. The van der Waals surface area contributed by atoms with Crippen LogP contribution in [0.25, 0.3) is 0 Å². The molecule has 1 aromatic rings. The molecule has 2 aliphatic rings. The van der Waals surface area contributed by atoms with Crippen LogP contribution in [0.3, 0.4) is 0 Å². The summed E-state index contributed by atoms with van der Waals surface area (Å²) in [5.74, 6) is -0.596. The summed E-state index contributed by atoms with van der Waals surface area (Å²) in [6.07, 6.45) is 7.06. The van der Waals surface area contributed by atoms with Gasteiger partial charge in [0.25, 0.3) is 11.6 Å². The number of nitro groups is 1. The van der Waals surface area contributed by atoms with Crippen LogP contribution < -0.4 is 5.32 Å². The molecule has 140 valence electrons. The van der Waals surface area contributed by atoms with Gasteiger partial charge in [0.1, 0.15) is 5.56 Å². The summed E-state index contributed by atoms with van der Waals surface area (Å²) in [6, 6.07) is 6.23. The van der Waals surface area contributed by atoms with E-state index in [1.165, 1.54) is 18.6 Å². The summed E-state index contributed by atoms with van der Waals surface area (Å²) in [7, 11) is 0. The molecule has 7 heteroatoms. The number of carbonyl (C=O) groups is 2. The zero-order valence-corrected chi connectivity index (χ0v) is 14.9. The molecule has 0 aromatic heterocycles. The second-order valence-electron chi connectivity index (χ2n) is 7.21. The first kappa shape index (κ1) is 18.4. The molecule has 0 spiro atoms. The second kappa shape index (κ2) is 8.29. The second-order valence-corrected chi connectivity index (χ2v) is 7.21. The van der Waals surface area contributed by atoms with Gasteiger partial charge in [-0.05, 0) is 31.7 Å². The molecule has 1 saturated carbocycles. The Bertz CT molecular complexity index is 685. The Morgan fingerprint density at radius 2 is 1.81 bits per heavy atom. The minimum Gasteiger partial charge on any atom is -0.353 e. The van der Waals surface area contributed by atoms with E-state index in [9.17, 15) is 19.7 Å². The standard InChI is InChI=1S/C19H25N3O4/c23-18(20-15-8-2-1-3-9-15)14-7-6-12-21(13-14)19(24)16-10-4-5-11-17(16)22(25)26/h4-5,10-11,14-15H,1-3,6-9,12-13H2,(H,20,23).